The van der Waals surface area contributed by atoms with Gasteiger partial charge in [0.2, 0.25) is 5.91 Å². The Bertz CT molecular complexity index is 645. The van der Waals surface area contributed by atoms with Gasteiger partial charge in [0.05, 0.1) is 18.2 Å². The molecule has 6 heteroatoms. The smallest absolute Gasteiger partial charge is 0.228 e. The molecule has 5 nitrogen and oxygen atoms in total. The Hall–Kier alpha value is -1.95. The summed E-state index contributed by atoms with van der Waals surface area (Å²) in [5, 5.41) is 3.03. The lowest BCUT2D eigenvalue weighted by Crippen LogP contribution is -2.47. The summed E-state index contributed by atoms with van der Waals surface area (Å²) < 4.78 is 0. The summed E-state index contributed by atoms with van der Waals surface area (Å²) in [6, 6.07) is 6.14. The van der Waals surface area contributed by atoms with E-state index in [1.165, 1.54) is 0 Å². The van der Waals surface area contributed by atoms with Crippen molar-refractivity contribution in [3.05, 3.63) is 41.7 Å². The molecular formula is C16H18N4OS. The van der Waals surface area contributed by atoms with E-state index in [2.05, 4.69) is 14.9 Å². The number of carbonyl (C=O) groups excluding carboxylic acids is 1. The normalized spacial score (nSPS) is 24.6. The first kappa shape index (κ1) is 13.7. The number of pyridine rings is 1. The van der Waals surface area contributed by atoms with Crippen molar-refractivity contribution in [1.82, 2.24) is 14.9 Å². The molecule has 0 radical (unpaired) electrons. The van der Waals surface area contributed by atoms with Crippen LogP contribution in [0, 0.1) is 5.92 Å². The summed E-state index contributed by atoms with van der Waals surface area (Å²) in [6.07, 6.45) is 5.69. The molecule has 3 fully saturated rings. The van der Waals surface area contributed by atoms with Gasteiger partial charge in [-0.1, -0.05) is 6.07 Å². The van der Waals surface area contributed by atoms with Gasteiger partial charge in [0, 0.05) is 36.9 Å². The van der Waals surface area contributed by atoms with Crippen LogP contribution in [-0.4, -0.2) is 39.9 Å². The summed E-state index contributed by atoms with van der Waals surface area (Å²) in [7, 11) is 0. The molecule has 22 heavy (non-hydrogen) atoms. The van der Waals surface area contributed by atoms with Crippen LogP contribution in [0.1, 0.15) is 18.5 Å². The van der Waals surface area contributed by atoms with Crippen molar-refractivity contribution in [1.29, 1.82) is 0 Å². The summed E-state index contributed by atoms with van der Waals surface area (Å²) in [5.41, 5.74) is 0.962. The Labute approximate surface area is 133 Å². The third kappa shape index (κ3) is 2.47. The highest BCUT2D eigenvalue weighted by Crippen LogP contribution is 2.33. The topological polar surface area (TPSA) is 49.3 Å². The summed E-state index contributed by atoms with van der Waals surface area (Å²) >= 11 is 1.65. The number of nitrogens with zero attached hydrogens (tertiary/aromatic N) is 4. The number of amides is 1. The number of hydrogen-bond acceptors (Lipinski definition) is 5. The standard InChI is InChI=1S/C16H18N4OS/c21-15-12-4-5-14(11-19(9-12)16-18-7-8-22-16)20(15)10-13-3-1-2-6-17-13/h1-3,6-8,12,14H,4-5,9-11H2/t12-,14+/m0/s1. The maximum absolute atomic E-state index is 12.8. The van der Waals surface area contributed by atoms with Crippen LogP contribution in [0.2, 0.25) is 0 Å². The molecule has 0 saturated carbocycles. The second-order valence-corrected chi connectivity index (χ2v) is 6.81. The second-order valence-electron chi connectivity index (χ2n) is 5.93. The molecule has 2 bridgehead atoms. The fourth-order valence-corrected chi connectivity index (χ4v) is 4.11. The number of hydrogen-bond donors (Lipinski definition) is 0. The highest BCUT2D eigenvalue weighted by atomic mass is 32.1. The van der Waals surface area contributed by atoms with E-state index in [4.69, 9.17) is 0 Å². The maximum atomic E-state index is 12.8. The lowest BCUT2D eigenvalue weighted by Gasteiger charge is -2.35. The molecule has 0 unspecified atom stereocenters. The lowest BCUT2D eigenvalue weighted by molar-refractivity contribution is -0.140. The van der Waals surface area contributed by atoms with Gasteiger partial charge < -0.3 is 9.80 Å². The van der Waals surface area contributed by atoms with Crippen molar-refractivity contribution in [2.45, 2.75) is 25.4 Å². The molecule has 2 aromatic rings. The molecule has 0 spiro atoms. The van der Waals surface area contributed by atoms with Crippen LogP contribution in [0.25, 0.3) is 0 Å². The van der Waals surface area contributed by atoms with E-state index in [-0.39, 0.29) is 17.9 Å². The van der Waals surface area contributed by atoms with E-state index in [0.717, 1.165) is 36.8 Å². The van der Waals surface area contributed by atoms with Crippen LogP contribution in [0.5, 0.6) is 0 Å². The van der Waals surface area contributed by atoms with E-state index in [1.54, 1.807) is 17.5 Å². The first-order valence-corrected chi connectivity index (χ1v) is 8.54. The van der Waals surface area contributed by atoms with Crippen LogP contribution in [-0.2, 0) is 11.3 Å². The van der Waals surface area contributed by atoms with E-state index in [0.29, 0.717) is 6.54 Å². The zero-order valence-electron chi connectivity index (χ0n) is 12.3. The van der Waals surface area contributed by atoms with Gasteiger partial charge in [0.25, 0.3) is 0 Å². The third-order valence-corrected chi connectivity index (χ3v) is 5.37. The Morgan fingerprint density at radius 1 is 1.18 bits per heavy atom. The Balaban J connectivity index is 1.58. The molecule has 5 rings (SSSR count). The fourth-order valence-electron chi connectivity index (χ4n) is 3.44. The molecule has 0 aromatic carbocycles. The average Bonchev–Trinajstić information content (AvgIpc) is 2.95. The van der Waals surface area contributed by atoms with E-state index in [1.807, 2.05) is 34.7 Å². The molecular weight excluding hydrogens is 296 g/mol. The SMILES string of the molecule is O=C1[C@H]2CC[C@H](CN(c3nccs3)C2)N1Cc1ccccn1. The maximum Gasteiger partial charge on any atom is 0.228 e. The Morgan fingerprint density at radius 2 is 2.14 bits per heavy atom. The number of aromatic nitrogens is 2. The zero-order valence-corrected chi connectivity index (χ0v) is 13.1. The van der Waals surface area contributed by atoms with Gasteiger partial charge >= 0.3 is 0 Å². The molecule has 1 amide bonds. The number of carbonyl (C=O) groups is 1. The van der Waals surface area contributed by atoms with Crippen molar-refractivity contribution >= 4 is 22.4 Å². The fraction of sp³-hybridized carbons (Fsp3) is 0.438. The molecule has 5 heterocycles. The minimum atomic E-state index is 0.0892. The van der Waals surface area contributed by atoms with Gasteiger partial charge in [-0.25, -0.2) is 4.98 Å². The van der Waals surface area contributed by atoms with Gasteiger partial charge in [0.1, 0.15) is 0 Å². The van der Waals surface area contributed by atoms with Crippen molar-refractivity contribution in [3.8, 4) is 0 Å². The molecule has 114 valence electrons. The first-order valence-electron chi connectivity index (χ1n) is 7.66. The number of anilines is 1. The Morgan fingerprint density at radius 3 is 2.91 bits per heavy atom. The number of piperidine rings is 1. The van der Waals surface area contributed by atoms with E-state index < -0.39 is 0 Å². The molecule has 2 atom stereocenters. The van der Waals surface area contributed by atoms with Crippen LogP contribution in [0.4, 0.5) is 5.13 Å². The predicted octanol–water partition coefficient (Wildman–Crippen LogP) is 2.17. The molecule has 3 aliphatic heterocycles. The van der Waals surface area contributed by atoms with Gasteiger partial charge in [-0.3, -0.25) is 9.78 Å². The van der Waals surface area contributed by atoms with Gasteiger partial charge in [-0.15, -0.1) is 11.3 Å². The zero-order chi connectivity index (χ0) is 14.9. The van der Waals surface area contributed by atoms with Gasteiger partial charge in [-0.2, -0.15) is 0 Å². The average molecular weight is 314 g/mol. The minimum Gasteiger partial charge on any atom is -0.345 e. The Kier molecular flexibility index (Phi) is 3.54. The van der Waals surface area contributed by atoms with Crippen LogP contribution in [0.15, 0.2) is 36.0 Å². The van der Waals surface area contributed by atoms with E-state index in [9.17, 15) is 4.79 Å². The quantitative estimate of drug-likeness (QED) is 0.871. The monoisotopic (exact) mass is 314 g/mol. The van der Waals surface area contributed by atoms with Gasteiger partial charge in [-0.05, 0) is 25.0 Å². The van der Waals surface area contributed by atoms with Crippen LogP contribution < -0.4 is 4.90 Å². The molecule has 3 saturated heterocycles. The third-order valence-electron chi connectivity index (χ3n) is 4.54. The molecule has 0 N–H and O–H groups in total. The van der Waals surface area contributed by atoms with Crippen LogP contribution >= 0.6 is 11.3 Å². The largest absolute Gasteiger partial charge is 0.345 e. The minimum absolute atomic E-state index is 0.0892. The van der Waals surface area contributed by atoms with Crippen molar-refractivity contribution < 1.29 is 4.79 Å². The van der Waals surface area contributed by atoms with Crippen molar-refractivity contribution in [3.63, 3.8) is 0 Å². The molecule has 3 aliphatic rings. The van der Waals surface area contributed by atoms with Crippen molar-refractivity contribution in [2.75, 3.05) is 18.0 Å². The number of fused-ring (bicyclic) bond motifs is 4. The predicted molar refractivity (Wildman–Crippen MR) is 85.6 cm³/mol. The van der Waals surface area contributed by atoms with E-state index >= 15 is 0 Å². The molecule has 2 aromatic heterocycles. The van der Waals surface area contributed by atoms with Crippen molar-refractivity contribution in [2.24, 2.45) is 5.92 Å². The highest BCUT2D eigenvalue weighted by molar-refractivity contribution is 7.13. The lowest BCUT2D eigenvalue weighted by atomic mass is 9.94. The second kappa shape index (κ2) is 5.68. The first-order chi connectivity index (χ1) is 10.8. The summed E-state index contributed by atoms with van der Waals surface area (Å²) in [4.78, 5) is 25.9. The summed E-state index contributed by atoms with van der Waals surface area (Å²) in [5.74, 6) is 0.368. The number of thiazole rings is 1. The van der Waals surface area contributed by atoms with Gasteiger partial charge in [0.15, 0.2) is 5.13 Å². The van der Waals surface area contributed by atoms with Crippen LogP contribution in [0.3, 0.4) is 0 Å². The number of rotatable bonds is 3. The molecule has 0 aliphatic carbocycles. The summed E-state index contributed by atoms with van der Waals surface area (Å²) in [6.45, 7) is 2.29. The highest BCUT2D eigenvalue weighted by Gasteiger charge is 2.41.